The summed E-state index contributed by atoms with van der Waals surface area (Å²) in [5, 5.41) is 26.6. The van der Waals surface area contributed by atoms with Crippen LogP contribution in [0.1, 0.15) is 124 Å². The van der Waals surface area contributed by atoms with Crippen molar-refractivity contribution >= 4 is 22.6 Å². The van der Waals surface area contributed by atoms with E-state index in [1.807, 2.05) is 77.7 Å². The van der Waals surface area contributed by atoms with Crippen molar-refractivity contribution in [1.29, 1.82) is 0 Å². The molecule has 0 heterocycles. The van der Waals surface area contributed by atoms with Crippen molar-refractivity contribution in [2.24, 2.45) is 28.6 Å². The van der Waals surface area contributed by atoms with E-state index in [1.165, 1.54) is 24.8 Å². The van der Waals surface area contributed by atoms with Gasteiger partial charge in [-0.25, -0.2) is 4.79 Å². The average molecular weight is 766 g/mol. The Bertz CT molecular complexity index is 2140. The van der Waals surface area contributed by atoms with Crippen molar-refractivity contribution in [2.45, 2.75) is 115 Å². The van der Waals surface area contributed by atoms with E-state index in [0.717, 1.165) is 71.8 Å². The highest BCUT2D eigenvalue weighted by Crippen LogP contribution is 2.62. The monoisotopic (exact) mass is 765 g/mol. The summed E-state index contributed by atoms with van der Waals surface area (Å²) in [4.78, 5) is 31.1. The molecule has 6 nitrogen and oxygen atoms in total. The van der Waals surface area contributed by atoms with Crippen LogP contribution in [0.15, 0.2) is 103 Å². The van der Waals surface area contributed by atoms with Gasteiger partial charge in [-0.3, -0.25) is 4.79 Å². The first-order valence-corrected chi connectivity index (χ1v) is 21.7. The number of fused-ring (bicyclic) bond motifs is 9. The summed E-state index contributed by atoms with van der Waals surface area (Å²) in [6.07, 6.45) is 13.4. The van der Waals surface area contributed by atoms with Crippen LogP contribution in [0.5, 0.6) is 5.75 Å². The van der Waals surface area contributed by atoms with Gasteiger partial charge in [0.1, 0.15) is 5.75 Å². The Labute approximate surface area is 338 Å². The van der Waals surface area contributed by atoms with Crippen LogP contribution in [-0.2, 0) is 6.42 Å². The van der Waals surface area contributed by atoms with Crippen LogP contribution < -0.4 is 4.74 Å². The molecule has 4 aromatic rings. The van der Waals surface area contributed by atoms with E-state index in [-0.39, 0.29) is 29.8 Å². The lowest BCUT2D eigenvalue weighted by molar-refractivity contribution is -0.101. The van der Waals surface area contributed by atoms with E-state index in [1.54, 1.807) is 0 Å². The number of hydrogen-bond acceptors (Lipinski definition) is 5. The van der Waals surface area contributed by atoms with Crippen molar-refractivity contribution in [2.75, 3.05) is 13.1 Å². The minimum absolute atomic E-state index is 0.0371. The topological polar surface area (TPSA) is 87.1 Å². The third kappa shape index (κ3) is 7.49. The second-order valence-electron chi connectivity index (χ2n) is 19.3. The Hall–Kier alpha value is -4.26. The molecule has 7 aliphatic rings. The van der Waals surface area contributed by atoms with Gasteiger partial charge in [-0.1, -0.05) is 91.4 Å². The molecule has 0 radical (unpaired) electrons. The number of aliphatic hydroxyl groups is 2. The van der Waals surface area contributed by atoms with E-state index in [0.29, 0.717) is 55.5 Å². The van der Waals surface area contributed by atoms with Crippen molar-refractivity contribution in [3.63, 3.8) is 0 Å². The first-order valence-electron chi connectivity index (χ1n) is 21.7. The SMILES string of the molecule is CC1=CCC[C@@]2(C)[C@@H](CC[C@@]2(O)CN(CC23CC4CC(CC(C4)C2)C3)C(=O)Oc2ccc3ccccc3c2)c2ccc(cc2C(=O)c2ccccc2)C[C@@H](O)CC1. The third-order valence-corrected chi connectivity index (χ3v) is 15.3. The predicted octanol–water partition coefficient (Wildman–Crippen LogP) is 10.8. The van der Waals surface area contributed by atoms with Crippen LogP contribution in [0.4, 0.5) is 4.79 Å². The molecule has 7 aliphatic carbocycles. The molecule has 0 aromatic heterocycles. The Balaban J connectivity index is 1.10. The highest BCUT2D eigenvalue weighted by atomic mass is 16.6. The summed E-state index contributed by atoms with van der Waals surface area (Å²) in [7, 11) is 0. The van der Waals surface area contributed by atoms with Gasteiger partial charge in [-0.2, -0.15) is 0 Å². The van der Waals surface area contributed by atoms with Crippen LogP contribution in [0.2, 0.25) is 0 Å². The quantitative estimate of drug-likeness (QED) is 0.145. The molecule has 0 aliphatic heterocycles. The molecular weight excluding hydrogens is 707 g/mol. The number of rotatable bonds is 7. The van der Waals surface area contributed by atoms with Gasteiger partial charge in [0.15, 0.2) is 5.78 Å². The molecule has 11 rings (SSSR count). The van der Waals surface area contributed by atoms with Crippen LogP contribution in [0, 0.1) is 28.6 Å². The van der Waals surface area contributed by atoms with Crippen LogP contribution in [-0.4, -0.2) is 51.8 Å². The Morgan fingerprint density at radius 2 is 1.51 bits per heavy atom. The smallest absolute Gasteiger partial charge is 0.410 e. The van der Waals surface area contributed by atoms with Gasteiger partial charge in [-0.05, 0) is 160 Å². The summed E-state index contributed by atoms with van der Waals surface area (Å²) >= 11 is 0. The zero-order valence-corrected chi connectivity index (χ0v) is 33.8. The predicted molar refractivity (Wildman–Crippen MR) is 225 cm³/mol. The molecular formula is C51H59NO5. The van der Waals surface area contributed by atoms with E-state index in [9.17, 15) is 19.8 Å². The van der Waals surface area contributed by atoms with Gasteiger partial charge in [0.2, 0.25) is 0 Å². The van der Waals surface area contributed by atoms with Crippen molar-refractivity contribution in [3.05, 3.63) is 125 Å². The lowest BCUT2D eigenvalue weighted by Crippen LogP contribution is -2.58. The second-order valence-corrected chi connectivity index (χ2v) is 19.3. The second kappa shape index (κ2) is 15.2. The fourth-order valence-corrected chi connectivity index (χ4v) is 12.7. The van der Waals surface area contributed by atoms with Gasteiger partial charge in [0.25, 0.3) is 0 Å². The number of amides is 1. The molecule has 4 atom stereocenters. The molecule has 5 fully saturated rings. The Kier molecular flexibility index (Phi) is 10.2. The zero-order valence-electron chi connectivity index (χ0n) is 33.8. The molecule has 298 valence electrons. The number of nitrogens with zero attached hydrogens (tertiary/aromatic N) is 1. The highest BCUT2D eigenvalue weighted by molar-refractivity contribution is 6.10. The third-order valence-electron chi connectivity index (χ3n) is 15.3. The molecule has 0 saturated heterocycles. The molecule has 0 spiro atoms. The first-order chi connectivity index (χ1) is 27.5. The molecule has 5 saturated carbocycles. The van der Waals surface area contributed by atoms with Crippen LogP contribution in [0.25, 0.3) is 10.8 Å². The van der Waals surface area contributed by atoms with Gasteiger partial charge in [0, 0.05) is 23.1 Å². The minimum atomic E-state index is -1.23. The molecule has 6 bridgehead atoms. The summed E-state index contributed by atoms with van der Waals surface area (Å²) in [6, 6.07) is 29.6. The number of hydrogen-bond donors (Lipinski definition) is 2. The van der Waals surface area contributed by atoms with Crippen LogP contribution in [0.3, 0.4) is 0 Å². The molecule has 6 heteroatoms. The number of aliphatic hydroxyl groups excluding tert-OH is 1. The summed E-state index contributed by atoms with van der Waals surface area (Å²) in [5.41, 5.74) is 2.56. The van der Waals surface area contributed by atoms with Gasteiger partial charge >= 0.3 is 6.09 Å². The maximum absolute atomic E-state index is 14.7. The Morgan fingerprint density at radius 1 is 0.807 bits per heavy atom. The Morgan fingerprint density at radius 3 is 2.25 bits per heavy atom. The van der Waals surface area contributed by atoms with Gasteiger partial charge < -0.3 is 19.8 Å². The van der Waals surface area contributed by atoms with Gasteiger partial charge in [-0.15, -0.1) is 0 Å². The van der Waals surface area contributed by atoms with Gasteiger partial charge in [0.05, 0.1) is 18.2 Å². The van der Waals surface area contributed by atoms with Crippen molar-refractivity contribution in [1.82, 2.24) is 4.90 Å². The average Bonchev–Trinajstić information content (AvgIpc) is 3.44. The summed E-state index contributed by atoms with van der Waals surface area (Å²) in [5.74, 6) is 2.54. The minimum Gasteiger partial charge on any atom is -0.410 e. The van der Waals surface area contributed by atoms with E-state index in [4.69, 9.17) is 4.74 Å². The number of ketones is 1. The molecule has 0 unspecified atom stereocenters. The fourth-order valence-electron chi connectivity index (χ4n) is 12.7. The zero-order chi connectivity index (χ0) is 39.4. The lowest BCUT2D eigenvalue weighted by atomic mass is 9.49. The maximum atomic E-state index is 14.7. The highest BCUT2D eigenvalue weighted by Gasteiger charge is 2.59. The molecule has 1 amide bonds. The number of benzene rings is 4. The number of ether oxygens (including phenoxy) is 1. The van der Waals surface area contributed by atoms with E-state index < -0.39 is 17.1 Å². The number of carbonyl (C=O) groups is 2. The molecule has 2 N–H and O–H groups in total. The summed E-state index contributed by atoms with van der Waals surface area (Å²) < 4.78 is 6.30. The van der Waals surface area contributed by atoms with Crippen LogP contribution >= 0.6 is 0 Å². The lowest BCUT2D eigenvalue weighted by Gasteiger charge is -2.58. The van der Waals surface area contributed by atoms with E-state index >= 15 is 0 Å². The maximum Gasteiger partial charge on any atom is 0.415 e. The number of allylic oxidation sites excluding steroid dienone is 2. The summed E-state index contributed by atoms with van der Waals surface area (Å²) in [6.45, 7) is 5.13. The van der Waals surface area contributed by atoms with Crippen molar-refractivity contribution < 1.29 is 24.5 Å². The normalized spacial score (nSPS) is 32.1. The number of carbonyl (C=O) groups excluding carboxylic acids is 2. The molecule has 57 heavy (non-hydrogen) atoms. The molecule has 4 aromatic carbocycles. The first kappa shape index (κ1) is 38.3. The van der Waals surface area contributed by atoms with E-state index in [2.05, 4.69) is 38.1 Å². The largest absolute Gasteiger partial charge is 0.415 e. The fraction of sp³-hybridized carbons (Fsp3) is 0.490. The van der Waals surface area contributed by atoms with Crippen molar-refractivity contribution in [3.8, 4) is 5.75 Å². The standard InChI is InChI=1S/C51H59NO5/c1-34-9-8-21-49(2)46(44-19-15-35(26-42(53)17-14-34)27-45(44)47(54)40-11-4-3-5-12-40)20-22-51(49,56)33-52(32-50-29-36-23-37(30-50)25-38(24-36)31-50)48(55)57-43-18-16-39-10-6-7-13-41(39)28-43/h3-7,9-13,15-16,18-19,27-28,36-38,42,46,53,56H,8,14,17,20-26,29-33H2,1-2H3/t36?,37?,38?,42-,46-,49-,50?,51+/m0/s1.